The highest BCUT2D eigenvalue weighted by Crippen LogP contribution is 2.24. The first kappa shape index (κ1) is 18.5. The molecule has 2 N–H and O–H groups in total. The number of ether oxygens (including phenoxy) is 1. The van der Waals surface area contributed by atoms with Crippen molar-refractivity contribution < 1.29 is 9.53 Å². The van der Waals surface area contributed by atoms with Crippen LogP contribution in [-0.2, 0) is 5.41 Å². The highest BCUT2D eigenvalue weighted by atomic mass is 16.5. The fourth-order valence-electron chi connectivity index (χ4n) is 2.48. The summed E-state index contributed by atoms with van der Waals surface area (Å²) in [6, 6.07) is 20.2. The number of anilines is 2. The van der Waals surface area contributed by atoms with Crippen molar-refractivity contribution >= 4 is 17.5 Å². The summed E-state index contributed by atoms with van der Waals surface area (Å²) in [7, 11) is 0. The van der Waals surface area contributed by atoms with Crippen molar-refractivity contribution in [1.82, 2.24) is 4.98 Å². The molecule has 27 heavy (non-hydrogen) atoms. The van der Waals surface area contributed by atoms with Gasteiger partial charge in [-0.25, -0.2) is 9.78 Å². The van der Waals surface area contributed by atoms with Crippen molar-refractivity contribution in [3.8, 4) is 11.5 Å². The van der Waals surface area contributed by atoms with Crippen molar-refractivity contribution in [2.75, 3.05) is 10.6 Å². The topological polar surface area (TPSA) is 63.2 Å². The summed E-state index contributed by atoms with van der Waals surface area (Å²) in [5.41, 5.74) is 1.76. The van der Waals surface area contributed by atoms with Gasteiger partial charge >= 0.3 is 6.03 Å². The minimum absolute atomic E-state index is 0.00949. The number of aromatic nitrogens is 1. The molecule has 3 aromatic rings. The summed E-state index contributed by atoms with van der Waals surface area (Å²) in [5.74, 6) is 1.98. The van der Waals surface area contributed by atoms with Gasteiger partial charge in [-0.2, -0.15) is 0 Å². The number of carbonyl (C=O) groups excluding carboxylic acids is 1. The second-order valence-electron chi connectivity index (χ2n) is 7.20. The molecule has 0 bridgehead atoms. The molecule has 2 aromatic carbocycles. The lowest BCUT2D eigenvalue weighted by molar-refractivity contribution is 0.262. The Bertz CT molecular complexity index is 901. The summed E-state index contributed by atoms with van der Waals surface area (Å²) in [6.45, 7) is 6.35. The van der Waals surface area contributed by atoms with Crippen LogP contribution >= 0.6 is 0 Å². The Morgan fingerprint density at radius 1 is 0.889 bits per heavy atom. The zero-order valence-corrected chi connectivity index (χ0v) is 15.7. The zero-order valence-electron chi connectivity index (χ0n) is 15.7. The standard InChI is InChI=1S/C22H23N3O2/c1-22(2,3)16-13-14-23-20(15-16)25-21(26)24-17-9-11-19(12-10-17)27-18-7-5-4-6-8-18/h4-15H,1-3H3,(H2,23,24,25,26). The van der Waals surface area contributed by atoms with E-state index < -0.39 is 0 Å². The summed E-state index contributed by atoms with van der Waals surface area (Å²) in [6.07, 6.45) is 1.70. The van der Waals surface area contributed by atoms with Gasteiger partial charge in [-0.05, 0) is 59.5 Å². The second kappa shape index (κ2) is 7.91. The number of benzene rings is 2. The van der Waals surface area contributed by atoms with Gasteiger partial charge in [0, 0.05) is 11.9 Å². The maximum Gasteiger partial charge on any atom is 0.324 e. The molecule has 0 aliphatic carbocycles. The Hall–Kier alpha value is -3.34. The average molecular weight is 361 g/mol. The van der Waals surface area contributed by atoms with Crippen LogP contribution in [0.5, 0.6) is 11.5 Å². The molecule has 2 amide bonds. The van der Waals surface area contributed by atoms with E-state index in [0.717, 1.165) is 11.3 Å². The predicted octanol–water partition coefficient (Wildman–Crippen LogP) is 5.82. The third-order valence-electron chi connectivity index (χ3n) is 3.96. The molecular formula is C22H23N3O2. The van der Waals surface area contributed by atoms with Gasteiger partial charge in [-0.15, -0.1) is 0 Å². The van der Waals surface area contributed by atoms with Crippen LogP contribution in [0.25, 0.3) is 0 Å². The minimum atomic E-state index is -0.342. The van der Waals surface area contributed by atoms with Gasteiger partial charge < -0.3 is 10.1 Å². The van der Waals surface area contributed by atoms with Crippen LogP contribution in [0.2, 0.25) is 0 Å². The number of hydrogen-bond donors (Lipinski definition) is 2. The number of rotatable bonds is 4. The van der Waals surface area contributed by atoms with E-state index in [9.17, 15) is 4.79 Å². The normalized spacial score (nSPS) is 10.9. The molecular weight excluding hydrogens is 338 g/mol. The lowest BCUT2D eigenvalue weighted by Gasteiger charge is -2.19. The fourth-order valence-corrected chi connectivity index (χ4v) is 2.48. The molecule has 0 saturated heterocycles. The number of hydrogen-bond acceptors (Lipinski definition) is 3. The van der Waals surface area contributed by atoms with E-state index >= 15 is 0 Å². The molecule has 138 valence electrons. The number of amides is 2. The highest BCUT2D eigenvalue weighted by Gasteiger charge is 2.14. The van der Waals surface area contributed by atoms with Crippen LogP contribution in [0.4, 0.5) is 16.3 Å². The summed E-state index contributed by atoms with van der Waals surface area (Å²) in [5, 5.41) is 5.56. The molecule has 0 radical (unpaired) electrons. The third-order valence-corrected chi connectivity index (χ3v) is 3.96. The largest absolute Gasteiger partial charge is 0.457 e. The molecule has 0 aliphatic rings. The van der Waals surface area contributed by atoms with Crippen LogP contribution < -0.4 is 15.4 Å². The first-order valence-corrected chi connectivity index (χ1v) is 8.78. The van der Waals surface area contributed by atoms with Gasteiger partial charge in [0.05, 0.1) is 0 Å². The molecule has 3 rings (SSSR count). The van der Waals surface area contributed by atoms with E-state index in [1.165, 1.54) is 0 Å². The zero-order chi connectivity index (χ0) is 19.3. The summed E-state index contributed by atoms with van der Waals surface area (Å²) < 4.78 is 5.74. The fraction of sp³-hybridized carbons (Fsp3) is 0.182. The maximum atomic E-state index is 12.2. The lowest BCUT2D eigenvalue weighted by Crippen LogP contribution is -2.21. The van der Waals surface area contributed by atoms with Gasteiger partial charge in [-0.1, -0.05) is 39.0 Å². The van der Waals surface area contributed by atoms with Gasteiger partial charge in [0.15, 0.2) is 0 Å². The average Bonchev–Trinajstić information content (AvgIpc) is 2.64. The predicted molar refractivity (Wildman–Crippen MR) is 109 cm³/mol. The molecule has 0 spiro atoms. The van der Waals surface area contributed by atoms with Crippen molar-refractivity contribution in [3.63, 3.8) is 0 Å². The first-order valence-electron chi connectivity index (χ1n) is 8.78. The summed E-state index contributed by atoms with van der Waals surface area (Å²) >= 11 is 0. The van der Waals surface area contributed by atoms with Crippen molar-refractivity contribution in [3.05, 3.63) is 78.5 Å². The minimum Gasteiger partial charge on any atom is -0.457 e. The Morgan fingerprint density at radius 2 is 1.56 bits per heavy atom. The van der Waals surface area contributed by atoms with Gasteiger partial charge in [0.25, 0.3) is 0 Å². The van der Waals surface area contributed by atoms with Crippen molar-refractivity contribution in [2.24, 2.45) is 0 Å². The quantitative estimate of drug-likeness (QED) is 0.616. The number of nitrogens with one attached hydrogen (secondary N) is 2. The van der Waals surface area contributed by atoms with Crippen molar-refractivity contribution in [2.45, 2.75) is 26.2 Å². The number of urea groups is 1. The molecule has 0 atom stereocenters. The molecule has 1 heterocycles. The van der Waals surface area contributed by atoms with E-state index in [-0.39, 0.29) is 11.4 Å². The number of nitrogens with zero attached hydrogens (tertiary/aromatic N) is 1. The molecule has 0 saturated carbocycles. The smallest absolute Gasteiger partial charge is 0.324 e. The van der Waals surface area contributed by atoms with Gasteiger partial charge in [0.2, 0.25) is 0 Å². The van der Waals surface area contributed by atoms with E-state index in [4.69, 9.17) is 4.74 Å². The van der Waals surface area contributed by atoms with Crippen LogP contribution in [0.3, 0.4) is 0 Å². The Labute approximate surface area is 159 Å². The van der Waals surface area contributed by atoms with E-state index in [2.05, 4.69) is 36.4 Å². The van der Waals surface area contributed by atoms with Crippen LogP contribution in [0.1, 0.15) is 26.3 Å². The van der Waals surface area contributed by atoms with Crippen molar-refractivity contribution in [1.29, 1.82) is 0 Å². The molecule has 5 heteroatoms. The maximum absolute atomic E-state index is 12.2. The Kier molecular flexibility index (Phi) is 5.41. The van der Waals surface area contributed by atoms with Crippen LogP contribution in [-0.4, -0.2) is 11.0 Å². The van der Waals surface area contributed by atoms with Crippen LogP contribution in [0.15, 0.2) is 72.9 Å². The lowest BCUT2D eigenvalue weighted by atomic mass is 9.88. The molecule has 5 nitrogen and oxygen atoms in total. The Morgan fingerprint density at radius 3 is 2.22 bits per heavy atom. The van der Waals surface area contributed by atoms with Gasteiger partial charge in [0.1, 0.15) is 17.3 Å². The van der Waals surface area contributed by atoms with E-state index in [1.807, 2.05) is 42.5 Å². The highest BCUT2D eigenvalue weighted by molar-refractivity contribution is 5.99. The summed E-state index contributed by atoms with van der Waals surface area (Å²) in [4.78, 5) is 16.4. The molecule has 0 unspecified atom stereocenters. The van der Waals surface area contributed by atoms with Gasteiger partial charge in [-0.3, -0.25) is 5.32 Å². The van der Waals surface area contributed by atoms with Crippen LogP contribution in [0, 0.1) is 0 Å². The number of para-hydroxylation sites is 1. The molecule has 0 aliphatic heterocycles. The molecule has 1 aromatic heterocycles. The van der Waals surface area contributed by atoms with E-state index in [1.54, 1.807) is 30.5 Å². The SMILES string of the molecule is CC(C)(C)c1ccnc(NC(=O)Nc2ccc(Oc3ccccc3)cc2)c1. The second-order valence-corrected chi connectivity index (χ2v) is 7.20. The van der Waals surface area contributed by atoms with E-state index in [0.29, 0.717) is 17.3 Å². The molecule has 0 fully saturated rings. The number of carbonyl (C=O) groups is 1. The Balaban J connectivity index is 1.60. The number of pyridine rings is 1. The third kappa shape index (κ3) is 5.31. The monoisotopic (exact) mass is 361 g/mol. The first-order chi connectivity index (χ1) is 12.9.